The van der Waals surface area contributed by atoms with E-state index in [9.17, 15) is 24.0 Å². The van der Waals surface area contributed by atoms with E-state index >= 15 is 0 Å². The first-order valence-corrected chi connectivity index (χ1v) is 11.1. The van der Waals surface area contributed by atoms with Crippen molar-refractivity contribution in [3.8, 4) is 0 Å². The van der Waals surface area contributed by atoms with Crippen LogP contribution in [0.15, 0.2) is 48.5 Å². The van der Waals surface area contributed by atoms with E-state index in [1.165, 1.54) is 18.2 Å². The van der Waals surface area contributed by atoms with E-state index in [0.29, 0.717) is 5.69 Å². The standard InChI is InChI=1S/C24H26ClN3O7/c1-15(2)13-35-24(33)16-6-5-7-17(12-16)26-20(29)10-11-22(31)34-14-21(30)27-28-23(32)18-8-3-4-9-19(18)25/h3-9,12,15H,10-11,13-14H2,1-2H3,(H,26,29)(H,27,30)(H,28,32). The number of hydrogen-bond acceptors (Lipinski definition) is 7. The first-order chi connectivity index (χ1) is 16.7. The van der Waals surface area contributed by atoms with Gasteiger partial charge in [-0.25, -0.2) is 4.79 Å². The molecule has 0 saturated carbocycles. The van der Waals surface area contributed by atoms with Crippen molar-refractivity contribution in [2.24, 2.45) is 5.92 Å². The topological polar surface area (TPSA) is 140 Å². The average Bonchev–Trinajstić information content (AvgIpc) is 2.83. The van der Waals surface area contributed by atoms with Crippen molar-refractivity contribution < 1.29 is 33.4 Å². The minimum absolute atomic E-state index is 0.162. The maximum absolute atomic E-state index is 12.1. The van der Waals surface area contributed by atoms with E-state index in [4.69, 9.17) is 21.1 Å². The molecule has 0 unspecified atom stereocenters. The quantitative estimate of drug-likeness (QED) is 0.334. The molecule has 0 aliphatic heterocycles. The summed E-state index contributed by atoms with van der Waals surface area (Å²) in [6.45, 7) is 3.47. The first kappa shape index (κ1) is 27.3. The number of carbonyl (C=O) groups excluding carboxylic acids is 5. The van der Waals surface area contributed by atoms with Crippen molar-refractivity contribution >= 4 is 46.9 Å². The Hall–Kier alpha value is -3.92. The van der Waals surface area contributed by atoms with E-state index in [1.54, 1.807) is 30.3 Å². The molecule has 11 heteroatoms. The molecule has 0 atom stereocenters. The smallest absolute Gasteiger partial charge is 0.338 e. The summed E-state index contributed by atoms with van der Waals surface area (Å²) in [7, 11) is 0. The Morgan fingerprint density at radius 2 is 1.63 bits per heavy atom. The number of rotatable bonds is 10. The van der Waals surface area contributed by atoms with Gasteiger partial charge in [0.25, 0.3) is 11.8 Å². The van der Waals surface area contributed by atoms with Crippen molar-refractivity contribution in [2.75, 3.05) is 18.5 Å². The zero-order chi connectivity index (χ0) is 25.8. The van der Waals surface area contributed by atoms with Crippen molar-refractivity contribution in [1.82, 2.24) is 10.9 Å². The molecule has 2 aromatic rings. The fourth-order valence-corrected chi connectivity index (χ4v) is 2.80. The van der Waals surface area contributed by atoms with Gasteiger partial charge in [-0.15, -0.1) is 0 Å². The van der Waals surface area contributed by atoms with Crippen LogP contribution in [0, 0.1) is 5.92 Å². The average molecular weight is 504 g/mol. The third kappa shape index (κ3) is 9.85. The second kappa shape index (κ2) is 13.7. The number of nitrogens with one attached hydrogen (secondary N) is 3. The van der Waals surface area contributed by atoms with Crippen LogP contribution in [0.25, 0.3) is 0 Å². The lowest BCUT2D eigenvalue weighted by molar-refractivity contribution is -0.149. The van der Waals surface area contributed by atoms with E-state index < -0.39 is 36.3 Å². The van der Waals surface area contributed by atoms with Gasteiger partial charge in [-0.05, 0) is 36.2 Å². The molecule has 3 amide bonds. The molecule has 35 heavy (non-hydrogen) atoms. The molecule has 0 aliphatic rings. The van der Waals surface area contributed by atoms with Gasteiger partial charge in [-0.3, -0.25) is 30.0 Å². The normalized spacial score (nSPS) is 10.3. The van der Waals surface area contributed by atoms with E-state index in [0.717, 1.165) is 0 Å². The van der Waals surface area contributed by atoms with Gasteiger partial charge < -0.3 is 14.8 Å². The van der Waals surface area contributed by atoms with Gasteiger partial charge in [-0.2, -0.15) is 0 Å². The highest BCUT2D eigenvalue weighted by molar-refractivity contribution is 6.33. The summed E-state index contributed by atoms with van der Waals surface area (Å²) in [5.74, 6) is -2.97. The monoisotopic (exact) mass is 503 g/mol. The zero-order valence-electron chi connectivity index (χ0n) is 19.3. The lowest BCUT2D eigenvalue weighted by Crippen LogP contribution is -2.43. The van der Waals surface area contributed by atoms with E-state index in [2.05, 4.69) is 16.2 Å². The van der Waals surface area contributed by atoms with Crippen LogP contribution in [0.1, 0.15) is 47.4 Å². The minimum atomic E-state index is -0.779. The molecule has 3 N–H and O–H groups in total. The second-order valence-corrected chi connectivity index (χ2v) is 8.17. The summed E-state index contributed by atoms with van der Waals surface area (Å²) in [4.78, 5) is 59.7. The number of halogens is 1. The highest BCUT2D eigenvalue weighted by Crippen LogP contribution is 2.14. The first-order valence-electron chi connectivity index (χ1n) is 10.7. The molecule has 0 heterocycles. The second-order valence-electron chi connectivity index (χ2n) is 7.76. The fraction of sp³-hybridized carbons (Fsp3) is 0.292. The van der Waals surface area contributed by atoms with Crippen LogP contribution in [-0.4, -0.2) is 42.9 Å². The molecule has 0 aromatic heterocycles. The van der Waals surface area contributed by atoms with E-state index in [1.807, 2.05) is 13.8 Å². The lowest BCUT2D eigenvalue weighted by atomic mass is 10.2. The maximum atomic E-state index is 12.1. The van der Waals surface area contributed by atoms with Crippen molar-refractivity contribution in [1.29, 1.82) is 0 Å². The Balaban J connectivity index is 1.70. The highest BCUT2D eigenvalue weighted by Gasteiger charge is 2.14. The molecule has 0 radical (unpaired) electrons. The van der Waals surface area contributed by atoms with E-state index in [-0.39, 0.29) is 41.5 Å². The SMILES string of the molecule is CC(C)COC(=O)c1cccc(NC(=O)CCC(=O)OCC(=O)NNC(=O)c2ccccc2Cl)c1. The molecule has 10 nitrogen and oxygen atoms in total. The summed E-state index contributed by atoms with van der Waals surface area (Å²) in [6.07, 6.45) is -0.479. The van der Waals surface area contributed by atoms with Crippen LogP contribution < -0.4 is 16.2 Å². The largest absolute Gasteiger partial charge is 0.462 e. The number of benzene rings is 2. The molecule has 0 spiro atoms. The number of ether oxygens (including phenoxy) is 2. The Labute approximate surface area is 207 Å². The van der Waals surface area contributed by atoms with Gasteiger partial charge in [0.1, 0.15) is 0 Å². The minimum Gasteiger partial charge on any atom is -0.462 e. The predicted octanol–water partition coefficient (Wildman–Crippen LogP) is 2.88. The fourth-order valence-electron chi connectivity index (χ4n) is 2.58. The zero-order valence-corrected chi connectivity index (χ0v) is 20.0. The van der Waals surface area contributed by atoms with Gasteiger partial charge in [-0.1, -0.05) is 43.6 Å². The number of carbonyl (C=O) groups is 5. The molecule has 0 bridgehead atoms. The number of hydrogen-bond donors (Lipinski definition) is 3. The summed E-state index contributed by atoms with van der Waals surface area (Å²) in [5, 5.41) is 2.79. The highest BCUT2D eigenvalue weighted by atomic mass is 35.5. The van der Waals surface area contributed by atoms with Crippen molar-refractivity contribution in [2.45, 2.75) is 26.7 Å². The third-order valence-electron chi connectivity index (χ3n) is 4.28. The van der Waals surface area contributed by atoms with Gasteiger partial charge >= 0.3 is 11.9 Å². The van der Waals surface area contributed by atoms with Gasteiger partial charge in [0.05, 0.1) is 29.2 Å². The number of esters is 2. The molecule has 0 fully saturated rings. The Morgan fingerprint density at radius 1 is 0.886 bits per heavy atom. The van der Waals surface area contributed by atoms with Gasteiger partial charge in [0.15, 0.2) is 6.61 Å². The summed E-state index contributed by atoms with van der Waals surface area (Å²) in [6, 6.07) is 12.5. The summed E-state index contributed by atoms with van der Waals surface area (Å²) < 4.78 is 9.95. The number of amides is 3. The molecule has 2 rings (SSSR count). The Bertz CT molecular complexity index is 1090. The predicted molar refractivity (Wildman–Crippen MR) is 127 cm³/mol. The Morgan fingerprint density at radius 3 is 2.34 bits per heavy atom. The third-order valence-corrected chi connectivity index (χ3v) is 4.61. The van der Waals surface area contributed by atoms with Crippen LogP contribution in [0.5, 0.6) is 0 Å². The van der Waals surface area contributed by atoms with Crippen LogP contribution in [0.4, 0.5) is 5.69 Å². The maximum Gasteiger partial charge on any atom is 0.338 e. The van der Waals surface area contributed by atoms with Crippen molar-refractivity contribution in [3.05, 3.63) is 64.7 Å². The lowest BCUT2D eigenvalue weighted by Gasteiger charge is -2.10. The molecule has 0 saturated heterocycles. The molecule has 186 valence electrons. The van der Waals surface area contributed by atoms with Crippen molar-refractivity contribution in [3.63, 3.8) is 0 Å². The van der Waals surface area contributed by atoms with Gasteiger partial charge in [0.2, 0.25) is 5.91 Å². The molecule has 0 aliphatic carbocycles. The van der Waals surface area contributed by atoms with Crippen LogP contribution in [0.2, 0.25) is 5.02 Å². The van der Waals surface area contributed by atoms with Crippen LogP contribution in [0.3, 0.4) is 0 Å². The molecular formula is C24H26ClN3O7. The number of hydrazine groups is 1. The van der Waals surface area contributed by atoms with Crippen LogP contribution in [-0.2, 0) is 23.9 Å². The molecule has 2 aromatic carbocycles. The summed E-state index contributed by atoms with van der Waals surface area (Å²) in [5.41, 5.74) is 5.08. The number of anilines is 1. The van der Waals surface area contributed by atoms with Crippen LogP contribution >= 0.6 is 11.6 Å². The molecular weight excluding hydrogens is 478 g/mol. The Kier molecular flexibility index (Phi) is 10.7. The van der Waals surface area contributed by atoms with Gasteiger partial charge in [0, 0.05) is 12.1 Å². The summed E-state index contributed by atoms with van der Waals surface area (Å²) >= 11 is 5.90.